The molecule has 6 nitrogen and oxygen atoms in total. The first-order valence-electron chi connectivity index (χ1n) is 4.91. The second-order valence-corrected chi connectivity index (χ2v) is 5.24. The molecule has 0 aliphatic carbocycles. The average molecular weight is 258 g/mol. The van der Waals surface area contributed by atoms with E-state index in [1.807, 2.05) is 0 Å². The molecule has 0 bridgehead atoms. The Morgan fingerprint density at radius 3 is 2.35 bits per heavy atom. The summed E-state index contributed by atoms with van der Waals surface area (Å²) in [6.45, 7) is 1.58. The van der Waals surface area contributed by atoms with Gasteiger partial charge in [0.15, 0.2) is 0 Å². The van der Waals surface area contributed by atoms with Crippen molar-refractivity contribution < 1.29 is 18.3 Å². The predicted octanol–water partition coefficient (Wildman–Crippen LogP) is -0.103. The predicted molar refractivity (Wildman–Crippen MR) is 61.8 cm³/mol. The van der Waals surface area contributed by atoms with Crippen molar-refractivity contribution in [1.29, 1.82) is 0 Å². The van der Waals surface area contributed by atoms with Crippen LogP contribution in [0.4, 0.5) is 0 Å². The zero-order valence-electron chi connectivity index (χ0n) is 9.25. The van der Waals surface area contributed by atoms with E-state index in [4.69, 9.17) is 10.8 Å². The Bertz CT molecular complexity index is 496. The van der Waals surface area contributed by atoms with E-state index in [2.05, 4.69) is 4.72 Å². The zero-order chi connectivity index (χ0) is 13.1. The Labute approximate surface area is 99.5 Å². The van der Waals surface area contributed by atoms with E-state index in [-0.39, 0.29) is 4.90 Å². The van der Waals surface area contributed by atoms with Gasteiger partial charge in [-0.15, -0.1) is 0 Å². The van der Waals surface area contributed by atoms with Crippen LogP contribution in [0.25, 0.3) is 0 Å². The van der Waals surface area contributed by atoms with E-state index in [9.17, 15) is 13.2 Å². The van der Waals surface area contributed by atoms with E-state index in [1.165, 1.54) is 19.1 Å². The molecule has 1 aromatic rings. The number of benzene rings is 1. The van der Waals surface area contributed by atoms with Crippen molar-refractivity contribution in [1.82, 2.24) is 4.72 Å². The molecular weight excluding hydrogens is 244 g/mol. The smallest absolute Gasteiger partial charge is 0.321 e. The second-order valence-electron chi connectivity index (χ2n) is 3.53. The molecule has 0 aliphatic rings. The van der Waals surface area contributed by atoms with Gasteiger partial charge in [0.05, 0.1) is 4.90 Å². The second kappa shape index (κ2) is 5.26. The highest BCUT2D eigenvalue weighted by Crippen LogP contribution is 2.10. The maximum Gasteiger partial charge on any atom is 0.321 e. The molecule has 0 unspecified atom stereocenters. The van der Waals surface area contributed by atoms with Crippen molar-refractivity contribution in [2.24, 2.45) is 5.73 Å². The molecule has 1 aromatic carbocycles. The molecule has 1 rings (SSSR count). The molecule has 0 radical (unpaired) electrons. The lowest BCUT2D eigenvalue weighted by Gasteiger charge is -2.10. The molecule has 0 heterocycles. The Kier molecular flexibility index (Phi) is 4.22. The van der Waals surface area contributed by atoms with Crippen LogP contribution in [-0.4, -0.2) is 25.5 Å². The molecule has 0 saturated heterocycles. The fraction of sp³-hybridized carbons (Fsp3) is 0.300. The van der Waals surface area contributed by atoms with Crippen LogP contribution in [0.5, 0.6) is 0 Å². The summed E-state index contributed by atoms with van der Waals surface area (Å²) in [4.78, 5) is 10.6. The standard InChI is InChI=1S/C10H14N2O4S/c1-7(10(13)14)12-17(15,16)9-4-2-8(6-11)3-5-9/h2-5,7,12H,6,11H2,1H3,(H,13,14)/t7-/m1/s1. The summed E-state index contributed by atoms with van der Waals surface area (Å²) in [5.41, 5.74) is 6.19. The topological polar surface area (TPSA) is 109 Å². The number of carboxylic acid groups (broad SMARTS) is 1. The van der Waals surface area contributed by atoms with Crippen LogP contribution in [-0.2, 0) is 21.4 Å². The number of rotatable bonds is 5. The Morgan fingerprint density at radius 2 is 1.94 bits per heavy atom. The summed E-state index contributed by atoms with van der Waals surface area (Å²) < 4.78 is 25.5. The number of carbonyl (C=O) groups is 1. The Hall–Kier alpha value is -1.44. The summed E-state index contributed by atoms with van der Waals surface area (Å²) in [5.74, 6) is -1.23. The van der Waals surface area contributed by atoms with Gasteiger partial charge in [-0.2, -0.15) is 4.72 Å². The summed E-state index contributed by atoms with van der Waals surface area (Å²) in [7, 11) is -3.80. The number of hydrogen-bond acceptors (Lipinski definition) is 4. The van der Waals surface area contributed by atoms with E-state index < -0.39 is 22.0 Å². The van der Waals surface area contributed by atoms with Crippen LogP contribution in [0.1, 0.15) is 12.5 Å². The van der Waals surface area contributed by atoms with Gasteiger partial charge in [-0.3, -0.25) is 4.79 Å². The van der Waals surface area contributed by atoms with Gasteiger partial charge in [-0.25, -0.2) is 8.42 Å². The highest BCUT2D eigenvalue weighted by molar-refractivity contribution is 7.89. The van der Waals surface area contributed by atoms with Gasteiger partial charge in [0.2, 0.25) is 10.0 Å². The maximum atomic E-state index is 11.7. The van der Waals surface area contributed by atoms with Crippen LogP contribution >= 0.6 is 0 Å². The number of aliphatic carboxylic acids is 1. The molecule has 94 valence electrons. The number of nitrogens with two attached hydrogens (primary N) is 1. The number of nitrogens with one attached hydrogen (secondary N) is 1. The number of hydrogen-bond donors (Lipinski definition) is 3. The lowest BCUT2D eigenvalue weighted by molar-refractivity contribution is -0.138. The monoisotopic (exact) mass is 258 g/mol. The fourth-order valence-electron chi connectivity index (χ4n) is 1.16. The van der Waals surface area contributed by atoms with Crippen LogP contribution in [0, 0.1) is 0 Å². The molecule has 1 atom stereocenters. The van der Waals surface area contributed by atoms with Gasteiger partial charge in [0.25, 0.3) is 0 Å². The van der Waals surface area contributed by atoms with E-state index in [0.717, 1.165) is 5.56 Å². The Balaban J connectivity index is 2.93. The minimum atomic E-state index is -3.80. The van der Waals surface area contributed by atoms with Gasteiger partial charge in [-0.1, -0.05) is 12.1 Å². The van der Waals surface area contributed by atoms with Crippen molar-refractivity contribution in [3.05, 3.63) is 29.8 Å². The van der Waals surface area contributed by atoms with Crippen molar-refractivity contribution in [3.63, 3.8) is 0 Å². The van der Waals surface area contributed by atoms with Crippen molar-refractivity contribution in [2.45, 2.75) is 24.4 Å². The highest BCUT2D eigenvalue weighted by atomic mass is 32.2. The number of carboxylic acids is 1. The summed E-state index contributed by atoms with van der Waals surface area (Å²) >= 11 is 0. The first-order chi connectivity index (χ1) is 7.86. The molecular formula is C10H14N2O4S. The van der Waals surface area contributed by atoms with Crippen molar-refractivity contribution >= 4 is 16.0 Å². The average Bonchev–Trinajstić information content (AvgIpc) is 2.28. The molecule has 0 aliphatic heterocycles. The highest BCUT2D eigenvalue weighted by Gasteiger charge is 2.21. The van der Waals surface area contributed by atoms with Gasteiger partial charge in [0.1, 0.15) is 6.04 Å². The third-order valence-electron chi connectivity index (χ3n) is 2.17. The van der Waals surface area contributed by atoms with Crippen LogP contribution in [0.15, 0.2) is 29.2 Å². The molecule has 0 saturated carbocycles. The van der Waals surface area contributed by atoms with E-state index in [0.29, 0.717) is 6.54 Å². The quantitative estimate of drug-likeness (QED) is 0.683. The normalized spacial score (nSPS) is 13.3. The molecule has 0 aromatic heterocycles. The zero-order valence-corrected chi connectivity index (χ0v) is 10.1. The molecule has 0 amide bonds. The van der Waals surface area contributed by atoms with Crippen LogP contribution < -0.4 is 10.5 Å². The first-order valence-corrected chi connectivity index (χ1v) is 6.39. The van der Waals surface area contributed by atoms with Crippen LogP contribution in [0.2, 0.25) is 0 Å². The molecule has 17 heavy (non-hydrogen) atoms. The third-order valence-corrected chi connectivity index (χ3v) is 3.73. The van der Waals surface area contributed by atoms with Gasteiger partial charge in [0, 0.05) is 6.54 Å². The fourth-order valence-corrected chi connectivity index (χ4v) is 2.35. The van der Waals surface area contributed by atoms with Crippen molar-refractivity contribution in [3.8, 4) is 0 Å². The SMILES string of the molecule is C[C@@H](NS(=O)(=O)c1ccc(CN)cc1)C(=O)O. The summed E-state index contributed by atoms with van der Waals surface area (Å²) in [6, 6.07) is 4.77. The van der Waals surface area contributed by atoms with Crippen LogP contribution in [0.3, 0.4) is 0 Å². The third kappa shape index (κ3) is 3.52. The minimum absolute atomic E-state index is 0.0165. The first kappa shape index (κ1) is 13.6. The summed E-state index contributed by atoms with van der Waals surface area (Å²) in [6.07, 6.45) is 0. The molecule has 7 heteroatoms. The van der Waals surface area contributed by atoms with E-state index >= 15 is 0 Å². The molecule has 0 spiro atoms. The number of sulfonamides is 1. The maximum absolute atomic E-state index is 11.7. The van der Waals surface area contributed by atoms with Crippen molar-refractivity contribution in [2.75, 3.05) is 0 Å². The van der Waals surface area contributed by atoms with E-state index in [1.54, 1.807) is 12.1 Å². The largest absolute Gasteiger partial charge is 0.480 e. The molecule has 4 N–H and O–H groups in total. The Morgan fingerprint density at radius 1 is 1.41 bits per heavy atom. The lowest BCUT2D eigenvalue weighted by Crippen LogP contribution is -2.38. The van der Waals surface area contributed by atoms with Gasteiger partial charge in [-0.05, 0) is 24.6 Å². The minimum Gasteiger partial charge on any atom is -0.480 e. The molecule has 0 fully saturated rings. The van der Waals surface area contributed by atoms with Gasteiger partial charge < -0.3 is 10.8 Å². The van der Waals surface area contributed by atoms with Gasteiger partial charge >= 0.3 is 5.97 Å². The summed E-state index contributed by atoms with van der Waals surface area (Å²) in [5, 5.41) is 8.63. The lowest BCUT2D eigenvalue weighted by atomic mass is 10.2.